The first kappa shape index (κ1) is 23.5. The summed E-state index contributed by atoms with van der Waals surface area (Å²) < 4.78 is 25.8. The minimum atomic E-state index is -0.758. The van der Waals surface area contributed by atoms with Gasteiger partial charge in [-0.15, -0.1) is 0 Å². The summed E-state index contributed by atoms with van der Waals surface area (Å²) in [5, 5.41) is 16.4. The Labute approximate surface area is 239 Å². The second kappa shape index (κ2) is 7.27. The second-order valence-corrected chi connectivity index (χ2v) is 12.4. The van der Waals surface area contributed by atoms with Crippen molar-refractivity contribution >= 4 is 29.1 Å². The molecule has 0 saturated heterocycles. The van der Waals surface area contributed by atoms with Crippen LogP contribution < -0.4 is 26.4 Å². The molecule has 0 bridgehead atoms. The number of carbonyl (C=O) groups is 3. The summed E-state index contributed by atoms with van der Waals surface area (Å²) in [7, 11) is 0. The van der Waals surface area contributed by atoms with Crippen LogP contribution >= 0.6 is 0 Å². The molecule has 6 saturated carbocycles. The number of aromatic nitrogens is 5. The minimum absolute atomic E-state index is 0.00116. The Bertz CT molecular complexity index is 1990. The number of hydrogen-bond donors (Lipinski definition) is 4. The van der Waals surface area contributed by atoms with E-state index >= 15 is 0 Å². The van der Waals surface area contributed by atoms with Gasteiger partial charge in [0.25, 0.3) is 17.7 Å². The third-order valence-electron chi connectivity index (χ3n) is 11.3. The van der Waals surface area contributed by atoms with E-state index in [-0.39, 0.29) is 46.9 Å². The van der Waals surface area contributed by atoms with Crippen molar-refractivity contribution in [2.75, 3.05) is 18.5 Å². The van der Waals surface area contributed by atoms with Gasteiger partial charge in [0.2, 0.25) is 0 Å². The number of halogens is 1. The van der Waals surface area contributed by atoms with E-state index in [1.165, 1.54) is 6.07 Å². The van der Waals surface area contributed by atoms with Gasteiger partial charge in [-0.2, -0.15) is 5.10 Å². The molecule has 4 aromatic rings. The monoisotopic (exact) mass is 584 g/mol. The number of aromatic amines is 1. The molecular weight excluding hydrogens is 563 g/mol. The fourth-order valence-electron chi connectivity index (χ4n) is 10.0. The zero-order valence-electron chi connectivity index (χ0n) is 22.1. The van der Waals surface area contributed by atoms with Gasteiger partial charge in [-0.3, -0.25) is 23.9 Å². The molecule has 11 rings (SSSR count). The van der Waals surface area contributed by atoms with Crippen LogP contribution in [0.4, 0.5) is 10.1 Å². The highest BCUT2D eigenvalue weighted by Crippen LogP contribution is 3.09. The number of H-pyrrole nitrogens is 1. The molecule has 3 aromatic heterocycles. The van der Waals surface area contributed by atoms with Crippen molar-refractivity contribution in [2.45, 2.75) is 12.0 Å². The van der Waals surface area contributed by atoms with Crippen LogP contribution in [0.25, 0.3) is 5.65 Å². The predicted octanol–water partition coefficient (Wildman–Crippen LogP) is 0.225. The molecule has 6 fully saturated rings. The van der Waals surface area contributed by atoms with Gasteiger partial charge in [0.05, 0.1) is 11.9 Å². The molecule has 14 nitrogen and oxygen atoms in total. The van der Waals surface area contributed by atoms with Crippen molar-refractivity contribution in [3.8, 4) is 5.75 Å². The molecule has 0 radical (unpaired) electrons. The Morgan fingerprint density at radius 1 is 1.07 bits per heavy atom. The normalized spacial score (nSPS) is 34.2. The van der Waals surface area contributed by atoms with Gasteiger partial charge in [0, 0.05) is 24.6 Å². The largest absolute Gasteiger partial charge is 0.482 e. The third kappa shape index (κ3) is 2.44. The van der Waals surface area contributed by atoms with Crippen LogP contribution in [0.3, 0.4) is 0 Å². The molecule has 1 aliphatic heterocycles. The summed E-state index contributed by atoms with van der Waals surface area (Å²) in [4.78, 5) is 56.6. The Kier molecular flexibility index (Phi) is 3.97. The summed E-state index contributed by atoms with van der Waals surface area (Å²) in [5.41, 5.74) is 0.854. The van der Waals surface area contributed by atoms with Gasteiger partial charge in [0.15, 0.2) is 23.9 Å². The third-order valence-corrected chi connectivity index (χ3v) is 11.3. The SMILES string of the molecule is O=C1COc2ccc(CNC(=O)c3cc(C(=O)NCC45C6C7C4C4C5C6C74c4noc(=O)[nH]4)n4ncc(F)c4n3)cc2N1. The lowest BCUT2D eigenvalue weighted by Gasteiger charge is -3.11. The maximum absolute atomic E-state index is 14.6. The molecule has 0 spiro atoms. The molecule has 7 aliphatic rings. The summed E-state index contributed by atoms with van der Waals surface area (Å²) in [6, 6.07) is 6.44. The van der Waals surface area contributed by atoms with Crippen LogP contribution in [0.15, 0.2) is 39.8 Å². The van der Waals surface area contributed by atoms with E-state index in [2.05, 4.69) is 36.2 Å². The number of nitrogens with zero attached hydrogens (tertiary/aromatic N) is 4. The molecule has 4 heterocycles. The molecular formula is C28H21FN8O6. The topological polar surface area (TPSA) is 186 Å². The molecule has 43 heavy (non-hydrogen) atoms. The summed E-state index contributed by atoms with van der Waals surface area (Å²) in [6.45, 7) is 0.516. The van der Waals surface area contributed by atoms with E-state index in [1.54, 1.807) is 18.2 Å². The number of fused-ring (bicyclic) bond motifs is 2. The average molecular weight is 585 g/mol. The lowest BCUT2D eigenvalue weighted by molar-refractivity contribution is -0.627. The van der Waals surface area contributed by atoms with Crippen LogP contribution in [0.2, 0.25) is 0 Å². The number of amides is 3. The Hall–Kier alpha value is -5.08. The first-order valence-corrected chi connectivity index (χ1v) is 14.1. The summed E-state index contributed by atoms with van der Waals surface area (Å²) in [5.74, 6) is 1.42. The van der Waals surface area contributed by atoms with Crippen molar-refractivity contribution in [1.82, 2.24) is 35.4 Å². The molecule has 4 N–H and O–H groups in total. The average Bonchev–Trinajstić information content (AvgIpc) is 3.63. The molecule has 1 aromatic carbocycles. The van der Waals surface area contributed by atoms with Crippen molar-refractivity contribution in [1.29, 1.82) is 0 Å². The second-order valence-electron chi connectivity index (χ2n) is 12.4. The number of rotatable bonds is 7. The van der Waals surface area contributed by atoms with Gasteiger partial charge in [-0.25, -0.2) is 18.7 Å². The lowest BCUT2D eigenvalue weighted by atomic mass is 8.92. The van der Waals surface area contributed by atoms with E-state index in [4.69, 9.17) is 9.26 Å². The number of nitrogens with one attached hydrogen (secondary N) is 4. The fraction of sp³-hybridized carbons (Fsp3) is 0.393. The van der Waals surface area contributed by atoms with Crippen LogP contribution in [0, 0.1) is 46.7 Å². The van der Waals surface area contributed by atoms with Gasteiger partial charge < -0.3 is 20.7 Å². The quantitative estimate of drug-likeness (QED) is 0.236. The predicted molar refractivity (Wildman–Crippen MR) is 139 cm³/mol. The lowest BCUT2D eigenvalue weighted by Crippen LogP contribution is -3.12. The van der Waals surface area contributed by atoms with Crippen LogP contribution in [-0.2, 0) is 16.8 Å². The molecule has 6 aliphatic carbocycles. The van der Waals surface area contributed by atoms with Gasteiger partial charge in [-0.1, -0.05) is 11.2 Å². The molecule has 15 heteroatoms. The first-order chi connectivity index (χ1) is 20.8. The molecule has 0 unspecified atom stereocenters. The van der Waals surface area contributed by atoms with E-state index in [0.29, 0.717) is 64.9 Å². The number of ether oxygens (including phenoxy) is 1. The standard InChI is InChI=1S/C28H21FN8O6/c29-10-6-32-37-13(4-12(34-22(10)37)23(39)30-5-9-1-2-14-11(3-9)33-15(38)7-42-14)24(40)31-8-27-16-19-17(27)21-18(27)20(16)28(19,21)25-35-26(41)43-36-25/h1-4,6,16-21H,5,7-8H2,(H,30,39)(H,31,40)(H,33,38)(H,35,36,41). The minimum Gasteiger partial charge on any atom is -0.482 e. The summed E-state index contributed by atoms with van der Waals surface area (Å²) >= 11 is 0. The zero-order valence-corrected chi connectivity index (χ0v) is 22.1. The van der Waals surface area contributed by atoms with Crippen LogP contribution in [0.5, 0.6) is 5.75 Å². The van der Waals surface area contributed by atoms with Gasteiger partial charge in [0.1, 0.15) is 17.1 Å². The highest BCUT2D eigenvalue weighted by Gasteiger charge is 3.10. The number of anilines is 1. The van der Waals surface area contributed by atoms with E-state index < -0.39 is 23.4 Å². The summed E-state index contributed by atoms with van der Waals surface area (Å²) in [6.07, 6.45) is 0.955. The number of hydrogen-bond acceptors (Lipinski definition) is 9. The smallest absolute Gasteiger partial charge is 0.438 e. The Morgan fingerprint density at radius 3 is 2.60 bits per heavy atom. The molecule has 0 atom stereocenters. The van der Waals surface area contributed by atoms with Crippen molar-refractivity contribution in [3.05, 3.63) is 69.6 Å². The number of carbonyl (C=O) groups excluding carboxylic acids is 3. The van der Waals surface area contributed by atoms with E-state index in [9.17, 15) is 23.6 Å². The molecule has 3 amide bonds. The zero-order chi connectivity index (χ0) is 29.0. The van der Waals surface area contributed by atoms with Crippen molar-refractivity contribution in [2.24, 2.45) is 40.9 Å². The Morgan fingerprint density at radius 2 is 1.86 bits per heavy atom. The Balaban J connectivity index is 0.857. The fourth-order valence-corrected chi connectivity index (χ4v) is 10.0. The van der Waals surface area contributed by atoms with Gasteiger partial charge in [-0.05, 0) is 58.6 Å². The highest BCUT2D eigenvalue weighted by atomic mass is 19.1. The molecule has 216 valence electrons. The van der Waals surface area contributed by atoms with E-state index in [0.717, 1.165) is 10.7 Å². The van der Waals surface area contributed by atoms with Crippen molar-refractivity contribution in [3.63, 3.8) is 0 Å². The maximum atomic E-state index is 14.6. The van der Waals surface area contributed by atoms with Crippen LogP contribution in [0.1, 0.15) is 32.4 Å². The highest BCUT2D eigenvalue weighted by molar-refractivity contribution is 5.98. The van der Waals surface area contributed by atoms with Crippen molar-refractivity contribution < 1.29 is 28.0 Å². The first-order valence-electron chi connectivity index (χ1n) is 14.1. The maximum Gasteiger partial charge on any atom is 0.438 e. The number of benzene rings is 1. The van der Waals surface area contributed by atoms with Crippen LogP contribution in [-0.4, -0.2) is 55.6 Å². The van der Waals surface area contributed by atoms with Gasteiger partial charge >= 0.3 is 5.76 Å². The van der Waals surface area contributed by atoms with E-state index in [1.807, 2.05) is 0 Å².